The fourth-order valence-corrected chi connectivity index (χ4v) is 1.90. The molecule has 3 aromatic rings. The molecule has 0 amide bonds. The standard InChI is InChI=1S/C12H10N2/c1-8-6-10-3-2-9-4-5-13-7-11(9)12(10)14-8/h2-7,14H,1H3. The van der Waals surface area contributed by atoms with E-state index in [1.807, 2.05) is 18.5 Å². The highest BCUT2D eigenvalue weighted by Crippen LogP contribution is 2.24. The highest BCUT2D eigenvalue weighted by Gasteiger charge is 2.01. The lowest BCUT2D eigenvalue weighted by molar-refractivity contribution is 1.30. The van der Waals surface area contributed by atoms with E-state index in [-0.39, 0.29) is 0 Å². The molecule has 0 aliphatic carbocycles. The summed E-state index contributed by atoms with van der Waals surface area (Å²) >= 11 is 0. The van der Waals surface area contributed by atoms with Gasteiger partial charge in [-0.05, 0) is 24.4 Å². The van der Waals surface area contributed by atoms with Crippen molar-refractivity contribution in [2.45, 2.75) is 6.92 Å². The van der Waals surface area contributed by atoms with E-state index in [1.54, 1.807) is 0 Å². The highest BCUT2D eigenvalue weighted by molar-refractivity contribution is 6.05. The first kappa shape index (κ1) is 7.56. The minimum Gasteiger partial charge on any atom is -0.358 e. The molecule has 0 radical (unpaired) electrons. The number of aromatic nitrogens is 2. The Morgan fingerprint density at radius 1 is 1.14 bits per heavy atom. The molecule has 1 N–H and O–H groups in total. The Morgan fingerprint density at radius 2 is 2.00 bits per heavy atom. The smallest absolute Gasteiger partial charge is 0.0551 e. The SMILES string of the molecule is Cc1cc2ccc3ccncc3c2[nH]1. The number of pyridine rings is 1. The predicted octanol–water partition coefficient (Wildman–Crippen LogP) is 3.02. The van der Waals surface area contributed by atoms with Crippen LogP contribution in [0.25, 0.3) is 21.7 Å². The minimum absolute atomic E-state index is 1.19. The third-order valence-electron chi connectivity index (χ3n) is 2.55. The summed E-state index contributed by atoms with van der Waals surface area (Å²) in [7, 11) is 0. The summed E-state index contributed by atoms with van der Waals surface area (Å²) in [5.74, 6) is 0. The van der Waals surface area contributed by atoms with Crippen molar-refractivity contribution in [1.82, 2.24) is 9.97 Å². The van der Waals surface area contributed by atoms with Gasteiger partial charge in [0.1, 0.15) is 0 Å². The Morgan fingerprint density at radius 3 is 2.93 bits per heavy atom. The normalized spacial score (nSPS) is 11.2. The maximum atomic E-state index is 4.15. The number of nitrogens with zero attached hydrogens (tertiary/aromatic N) is 1. The third kappa shape index (κ3) is 0.940. The van der Waals surface area contributed by atoms with E-state index in [4.69, 9.17) is 0 Å². The molecule has 0 unspecified atom stereocenters. The zero-order valence-corrected chi connectivity index (χ0v) is 7.91. The van der Waals surface area contributed by atoms with Crippen LogP contribution >= 0.6 is 0 Å². The van der Waals surface area contributed by atoms with Crippen LogP contribution in [0.5, 0.6) is 0 Å². The van der Waals surface area contributed by atoms with Crippen molar-refractivity contribution in [3.05, 3.63) is 42.4 Å². The van der Waals surface area contributed by atoms with E-state index < -0.39 is 0 Å². The molecule has 2 heterocycles. The molecule has 2 heteroatoms. The summed E-state index contributed by atoms with van der Waals surface area (Å²) < 4.78 is 0. The van der Waals surface area contributed by atoms with Crippen LogP contribution in [0.3, 0.4) is 0 Å². The number of benzene rings is 1. The number of rotatable bonds is 0. The lowest BCUT2D eigenvalue weighted by atomic mass is 10.1. The Kier molecular flexibility index (Phi) is 1.39. The maximum Gasteiger partial charge on any atom is 0.0551 e. The minimum atomic E-state index is 1.19. The zero-order valence-electron chi connectivity index (χ0n) is 7.91. The Bertz CT molecular complexity index is 608. The molecule has 2 aromatic heterocycles. The van der Waals surface area contributed by atoms with Gasteiger partial charge in [-0.3, -0.25) is 4.98 Å². The van der Waals surface area contributed by atoms with Gasteiger partial charge < -0.3 is 4.98 Å². The molecule has 0 aliphatic rings. The molecule has 0 atom stereocenters. The van der Waals surface area contributed by atoms with Crippen LogP contribution in [0.1, 0.15) is 5.69 Å². The quantitative estimate of drug-likeness (QED) is 0.568. The van der Waals surface area contributed by atoms with Gasteiger partial charge in [-0.1, -0.05) is 12.1 Å². The van der Waals surface area contributed by atoms with E-state index in [0.29, 0.717) is 0 Å². The van der Waals surface area contributed by atoms with Crippen LogP contribution in [-0.4, -0.2) is 9.97 Å². The number of nitrogens with one attached hydrogen (secondary N) is 1. The van der Waals surface area contributed by atoms with Crippen molar-refractivity contribution in [3.63, 3.8) is 0 Å². The Balaban J connectivity index is 2.60. The first-order valence-corrected chi connectivity index (χ1v) is 4.67. The van der Waals surface area contributed by atoms with Crippen LogP contribution in [0.15, 0.2) is 36.7 Å². The molecular weight excluding hydrogens is 172 g/mol. The summed E-state index contributed by atoms with van der Waals surface area (Å²) in [6.07, 6.45) is 3.73. The van der Waals surface area contributed by atoms with Gasteiger partial charge >= 0.3 is 0 Å². The number of aromatic amines is 1. The van der Waals surface area contributed by atoms with Gasteiger partial charge in [-0.2, -0.15) is 0 Å². The maximum absolute atomic E-state index is 4.15. The van der Waals surface area contributed by atoms with Crippen LogP contribution in [0, 0.1) is 6.92 Å². The summed E-state index contributed by atoms with van der Waals surface area (Å²) in [6.45, 7) is 2.07. The second-order valence-electron chi connectivity index (χ2n) is 3.58. The van der Waals surface area contributed by atoms with Crippen molar-refractivity contribution >= 4 is 21.7 Å². The number of aryl methyl sites for hydroxylation is 1. The predicted molar refractivity (Wildman–Crippen MR) is 58.3 cm³/mol. The topological polar surface area (TPSA) is 28.7 Å². The molecule has 0 saturated carbocycles. The molecule has 0 bridgehead atoms. The van der Waals surface area contributed by atoms with Gasteiger partial charge in [0.2, 0.25) is 0 Å². The van der Waals surface area contributed by atoms with Crippen molar-refractivity contribution in [3.8, 4) is 0 Å². The van der Waals surface area contributed by atoms with Crippen molar-refractivity contribution in [1.29, 1.82) is 0 Å². The largest absolute Gasteiger partial charge is 0.358 e. The third-order valence-corrected chi connectivity index (χ3v) is 2.55. The van der Waals surface area contributed by atoms with Gasteiger partial charge in [0.05, 0.1) is 5.52 Å². The molecule has 1 aromatic carbocycles. The van der Waals surface area contributed by atoms with Crippen molar-refractivity contribution in [2.24, 2.45) is 0 Å². The van der Waals surface area contributed by atoms with Crippen LogP contribution in [-0.2, 0) is 0 Å². The lowest BCUT2D eigenvalue weighted by Gasteiger charge is -1.97. The molecule has 2 nitrogen and oxygen atoms in total. The lowest BCUT2D eigenvalue weighted by Crippen LogP contribution is -1.77. The zero-order chi connectivity index (χ0) is 9.54. The van der Waals surface area contributed by atoms with Crippen LogP contribution in [0.4, 0.5) is 0 Å². The van der Waals surface area contributed by atoms with Crippen molar-refractivity contribution in [2.75, 3.05) is 0 Å². The number of hydrogen-bond acceptors (Lipinski definition) is 1. The molecule has 0 aliphatic heterocycles. The Hall–Kier alpha value is -1.83. The number of hydrogen-bond donors (Lipinski definition) is 1. The fraction of sp³-hybridized carbons (Fsp3) is 0.0833. The summed E-state index contributed by atoms with van der Waals surface area (Å²) in [5.41, 5.74) is 2.38. The number of fused-ring (bicyclic) bond motifs is 3. The molecule has 0 saturated heterocycles. The monoisotopic (exact) mass is 182 g/mol. The van der Waals surface area contributed by atoms with Gasteiger partial charge in [-0.15, -0.1) is 0 Å². The average molecular weight is 182 g/mol. The van der Waals surface area contributed by atoms with E-state index in [9.17, 15) is 0 Å². The van der Waals surface area contributed by atoms with Gasteiger partial charge in [0, 0.05) is 28.9 Å². The first-order valence-electron chi connectivity index (χ1n) is 4.67. The summed E-state index contributed by atoms with van der Waals surface area (Å²) in [4.78, 5) is 7.51. The molecule has 0 fully saturated rings. The van der Waals surface area contributed by atoms with E-state index in [1.165, 1.54) is 27.4 Å². The van der Waals surface area contributed by atoms with Crippen molar-refractivity contribution < 1.29 is 0 Å². The number of H-pyrrole nitrogens is 1. The summed E-state index contributed by atoms with van der Waals surface area (Å²) in [6, 6.07) is 8.46. The molecular formula is C12H10N2. The van der Waals surface area contributed by atoms with Gasteiger partial charge in [0.25, 0.3) is 0 Å². The molecule has 0 spiro atoms. The van der Waals surface area contributed by atoms with Crippen LogP contribution in [0.2, 0.25) is 0 Å². The first-order chi connectivity index (χ1) is 6.84. The van der Waals surface area contributed by atoms with E-state index in [0.717, 1.165) is 0 Å². The summed E-state index contributed by atoms with van der Waals surface area (Å²) in [5, 5.41) is 3.68. The second kappa shape index (κ2) is 2.58. The van der Waals surface area contributed by atoms with Gasteiger partial charge in [0.15, 0.2) is 0 Å². The second-order valence-corrected chi connectivity index (χ2v) is 3.58. The molecule has 68 valence electrons. The molecule has 14 heavy (non-hydrogen) atoms. The van der Waals surface area contributed by atoms with Crippen LogP contribution < -0.4 is 0 Å². The van der Waals surface area contributed by atoms with Gasteiger partial charge in [-0.25, -0.2) is 0 Å². The fourth-order valence-electron chi connectivity index (χ4n) is 1.90. The van der Waals surface area contributed by atoms with E-state index in [2.05, 4.69) is 35.1 Å². The average Bonchev–Trinajstić information content (AvgIpc) is 2.59. The van der Waals surface area contributed by atoms with E-state index >= 15 is 0 Å². The Labute approximate surface area is 81.6 Å². The molecule has 3 rings (SSSR count). The highest BCUT2D eigenvalue weighted by atomic mass is 14.7.